The zero-order valence-corrected chi connectivity index (χ0v) is 16.3. The monoisotopic (exact) mass is 438 g/mol. The third-order valence-electron chi connectivity index (χ3n) is 4.00. The molecule has 0 saturated carbocycles. The van der Waals surface area contributed by atoms with Crippen molar-refractivity contribution in [2.24, 2.45) is 0 Å². The first-order valence-electron chi connectivity index (χ1n) is 8.23. The van der Waals surface area contributed by atoms with Gasteiger partial charge in [-0.15, -0.1) is 15.9 Å². The predicted octanol–water partition coefficient (Wildman–Crippen LogP) is 4.50. The summed E-state index contributed by atoms with van der Waals surface area (Å²) in [5.74, 6) is -0.348. The molecule has 0 saturated heterocycles. The summed E-state index contributed by atoms with van der Waals surface area (Å²) in [5, 5.41) is 5.01. The van der Waals surface area contributed by atoms with E-state index in [1.165, 1.54) is 12.3 Å². The number of alkyl halides is 3. The lowest BCUT2D eigenvalue weighted by molar-refractivity contribution is -0.604. The molecule has 0 bridgehead atoms. The molecule has 0 radical (unpaired) electrons. The molecule has 0 aliphatic carbocycles. The lowest BCUT2D eigenvalue weighted by Crippen LogP contribution is -2.36. The highest BCUT2D eigenvalue weighted by molar-refractivity contribution is 7.19. The Morgan fingerprint density at radius 1 is 1.24 bits per heavy atom. The van der Waals surface area contributed by atoms with Gasteiger partial charge < -0.3 is 5.32 Å². The molecular formula is C18H12ClF3N5OS+. The smallest absolute Gasteiger partial charge is 0.305 e. The summed E-state index contributed by atoms with van der Waals surface area (Å²) in [6.07, 6.45) is -3.15. The molecule has 148 valence electrons. The first-order valence-corrected chi connectivity index (χ1v) is 9.43. The van der Waals surface area contributed by atoms with Crippen LogP contribution in [0.1, 0.15) is 21.7 Å². The summed E-state index contributed by atoms with van der Waals surface area (Å²) in [5.41, 5.74) is -0.147. The van der Waals surface area contributed by atoms with Crippen molar-refractivity contribution in [3.63, 3.8) is 0 Å². The maximum absolute atomic E-state index is 13.6. The van der Waals surface area contributed by atoms with E-state index in [2.05, 4.69) is 20.4 Å². The number of nitrogens with zero attached hydrogens (tertiary/aromatic N) is 3. The summed E-state index contributed by atoms with van der Waals surface area (Å²) in [4.78, 5) is 21.2. The van der Waals surface area contributed by atoms with Crippen LogP contribution in [0.4, 0.5) is 19.0 Å². The lowest BCUT2D eigenvalue weighted by atomic mass is 10.2. The van der Waals surface area contributed by atoms with E-state index in [0.29, 0.717) is 9.21 Å². The van der Waals surface area contributed by atoms with Crippen LogP contribution in [0, 0.1) is 6.92 Å². The number of carbonyl (C=O) groups excluding carboxylic acids is 1. The third-order valence-corrected chi connectivity index (χ3v) is 5.26. The molecule has 0 unspecified atom stereocenters. The molecule has 2 N–H and O–H groups in total. The Balaban J connectivity index is 1.78. The highest BCUT2D eigenvalue weighted by Crippen LogP contribution is 2.33. The summed E-state index contributed by atoms with van der Waals surface area (Å²) < 4.78 is 42.0. The number of anilines is 1. The number of H-pyrrole nitrogens is 1. The number of fused-ring (bicyclic) bond motifs is 1. The van der Waals surface area contributed by atoms with Gasteiger partial charge in [0.25, 0.3) is 5.91 Å². The number of amides is 1. The Kier molecular flexibility index (Phi) is 4.75. The topological polar surface area (TPSA) is 74.8 Å². The molecule has 4 heterocycles. The zero-order valence-electron chi connectivity index (χ0n) is 14.7. The van der Waals surface area contributed by atoms with E-state index in [4.69, 9.17) is 11.6 Å². The molecule has 0 atom stereocenters. The van der Waals surface area contributed by atoms with Crippen molar-refractivity contribution >= 4 is 40.3 Å². The van der Waals surface area contributed by atoms with Gasteiger partial charge in [-0.2, -0.15) is 13.2 Å². The van der Waals surface area contributed by atoms with Crippen LogP contribution >= 0.6 is 22.9 Å². The second kappa shape index (κ2) is 7.12. The number of nitrogens with one attached hydrogen (secondary N) is 2. The van der Waals surface area contributed by atoms with Gasteiger partial charge in [-0.25, -0.2) is 10.1 Å². The lowest BCUT2D eigenvalue weighted by Gasteiger charge is -2.04. The van der Waals surface area contributed by atoms with E-state index in [9.17, 15) is 18.0 Å². The van der Waals surface area contributed by atoms with Crippen LogP contribution in [-0.4, -0.2) is 21.0 Å². The summed E-state index contributed by atoms with van der Waals surface area (Å²) in [6.45, 7) is 1.83. The van der Waals surface area contributed by atoms with Crippen molar-refractivity contribution < 1.29 is 22.5 Å². The maximum Gasteiger partial charge on any atom is 0.456 e. The van der Waals surface area contributed by atoms with E-state index in [-0.39, 0.29) is 22.9 Å². The Bertz CT molecular complexity index is 1230. The number of thiophene rings is 1. The number of carbonyl (C=O) groups is 1. The van der Waals surface area contributed by atoms with E-state index < -0.39 is 17.8 Å². The molecule has 4 aromatic heterocycles. The van der Waals surface area contributed by atoms with Crippen molar-refractivity contribution in [1.82, 2.24) is 15.1 Å². The van der Waals surface area contributed by atoms with Crippen molar-refractivity contribution in [2.45, 2.75) is 13.1 Å². The number of aryl methyl sites for hydroxylation is 1. The van der Waals surface area contributed by atoms with Crippen LogP contribution in [-0.2, 0) is 6.18 Å². The summed E-state index contributed by atoms with van der Waals surface area (Å²) in [6, 6.07) is 8.74. The van der Waals surface area contributed by atoms with Gasteiger partial charge in [-0.3, -0.25) is 4.79 Å². The second-order valence-corrected chi connectivity index (χ2v) is 7.88. The van der Waals surface area contributed by atoms with Crippen LogP contribution in [0.25, 0.3) is 16.2 Å². The van der Waals surface area contributed by atoms with Crippen molar-refractivity contribution in [3.8, 4) is 10.6 Å². The van der Waals surface area contributed by atoms with Gasteiger partial charge in [0.1, 0.15) is 11.5 Å². The molecule has 6 nitrogen and oxygen atoms in total. The van der Waals surface area contributed by atoms with Crippen LogP contribution < -0.4 is 9.83 Å². The first kappa shape index (κ1) is 19.3. The van der Waals surface area contributed by atoms with Crippen molar-refractivity contribution in [1.29, 1.82) is 0 Å². The molecule has 11 heteroatoms. The fourth-order valence-corrected chi connectivity index (χ4v) is 3.71. The standard InChI is InChI=1S/C18H11ClF3N5OS/c1-9-4-5-23-15(6-9)25-17(28)11-8-16-24-10(12-2-3-14(19)29-12)7-13(18(20,21)22)27(16)26-11/h2-8H,1H3,(H,23,25,28)/p+1. The van der Waals surface area contributed by atoms with Crippen LogP contribution in [0.5, 0.6) is 0 Å². The molecule has 0 fully saturated rings. The highest BCUT2D eigenvalue weighted by atomic mass is 35.5. The molecule has 4 aromatic rings. The largest absolute Gasteiger partial charge is 0.456 e. The van der Waals surface area contributed by atoms with Gasteiger partial charge in [0.2, 0.25) is 5.69 Å². The first-order chi connectivity index (χ1) is 13.7. The Morgan fingerprint density at radius 2 is 2.03 bits per heavy atom. The minimum absolute atomic E-state index is 0.0540. The van der Waals surface area contributed by atoms with Crippen LogP contribution in [0.3, 0.4) is 0 Å². The van der Waals surface area contributed by atoms with Crippen LogP contribution in [0.2, 0.25) is 4.34 Å². The molecule has 29 heavy (non-hydrogen) atoms. The molecular weight excluding hydrogens is 427 g/mol. The Morgan fingerprint density at radius 3 is 2.69 bits per heavy atom. The summed E-state index contributed by atoms with van der Waals surface area (Å²) >= 11 is 7.00. The number of halogens is 4. The third kappa shape index (κ3) is 3.94. The number of hydrogen-bond acceptors (Lipinski definition) is 4. The Labute approximate surface area is 171 Å². The van der Waals surface area contributed by atoms with Gasteiger partial charge in [0.05, 0.1) is 15.3 Å². The maximum atomic E-state index is 13.6. The van der Waals surface area contributed by atoms with Gasteiger partial charge in [0, 0.05) is 12.3 Å². The minimum atomic E-state index is -4.67. The average Bonchev–Trinajstić information content (AvgIpc) is 3.26. The van der Waals surface area contributed by atoms with Crippen LogP contribution in [0.15, 0.2) is 42.6 Å². The van der Waals surface area contributed by atoms with Gasteiger partial charge in [-0.1, -0.05) is 11.6 Å². The fraction of sp³-hybridized carbons (Fsp3) is 0.111. The average molecular weight is 439 g/mol. The van der Waals surface area contributed by atoms with E-state index in [1.807, 2.05) is 6.92 Å². The van der Waals surface area contributed by atoms with Crippen molar-refractivity contribution in [3.05, 3.63) is 63.9 Å². The number of hydrogen-bond donors (Lipinski definition) is 2. The molecule has 4 rings (SSSR count). The number of rotatable bonds is 3. The summed E-state index contributed by atoms with van der Waals surface area (Å²) in [7, 11) is 0. The quantitative estimate of drug-likeness (QED) is 0.462. The second-order valence-electron chi connectivity index (χ2n) is 6.16. The van der Waals surface area contributed by atoms with E-state index in [1.54, 1.807) is 24.3 Å². The van der Waals surface area contributed by atoms with Gasteiger partial charge in [-0.05, 0) is 41.7 Å². The fourth-order valence-electron chi connectivity index (χ4n) is 2.71. The highest BCUT2D eigenvalue weighted by Gasteiger charge is 2.40. The van der Waals surface area contributed by atoms with Gasteiger partial charge >= 0.3 is 11.8 Å². The van der Waals surface area contributed by atoms with E-state index >= 15 is 0 Å². The SMILES string of the molecule is Cc1ccnc(NC(=O)c2cc3nc(-c4ccc(Cl)s4)cc(C(F)(F)F)[n+]3[nH]2)c1. The normalized spacial score (nSPS) is 11.8. The molecule has 0 spiro atoms. The molecule has 0 aliphatic heterocycles. The Hall–Kier alpha value is -2.98. The van der Waals surface area contributed by atoms with Crippen molar-refractivity contribution in [2.75, 3.05) is 5.32 Å². The van der Waals surface area contributed by atoms with E-state index in [0.717, 1.165) is 27.5 Å². The number of aromatic amines is 1. The molecule has 0 aliphatic rings. The minimum Gasteiger partial charge on any atom is -0.305 e. The molecule has 0 aromatic carbocycles. The predicted molar refractivity (Wildman–Crippen MR) is 102 cm³/mol. The zero-order chi connectivity index (χ0) is 20.8. The number of pyridine rings is 1. The molecule has 1 amide bonds. The number of aromatic nitrogens is 4. The van der Waals surface area contributed by atoms with Gasteiger partial charge in [0.15, 0.2) is 5.69 Å².